The van der Waals surface area contributed by atoms with Crippen molar-refractivity contribution in [3.63, 3.8) is 0 Å². The van der Waals surface area contributed by atoms with E-state index in [-0.39, 0.29) is 12.6 Å². The van der Waals surface area contributed by atoms with Crippen LogP contribution < -0.4 is 4.90 Å². The smallest absolute Gasteiger partial charge is 0.143 e. The number of hydrogen-bond acceptors (Lipinski definition) is 3. The summed E-state index contributed by atoms with van der Waals surface area (Å²) in [5, 5.41) is 9.52. The number of aromatic nitrogens is 1. The minimum atomic E-state index is 0.210. The molecule has 3 nitrogen and oxygen atoms in total. The first-order valence-corrected chi connectivity index (χ1v) is 7.02. The van der Waals surface area contributed by atoms with E-state index in [0.29, 0.717) is 0 Å². The second kappa shape index (κ2) is 5.83. The van der Waals surface area contributed by atoms with Gasteiger partial charge in [0.1, 0.15) is 5.82 Å². The normalized spacial score (nSPS) is 21.4. The van der Waals surface area contributed by atoms with E-state index >= 15 is 0 Å². The lowest BCUT2D eigenvalue weighted by atomic mass is 10.1. The van der Waals surface area contributed by atoms with Gasteiger partial charge in [-0.3, -0.25) is 0 Å². The number of halogens is 1. The van der Waals surface area contributed by atoms with Gasteiger partial charge < -0.3 is 10.0 Å². The molecule has 1 aromatic heterocycles. The summed E-state index contributed by atoms with van der Waals surface area (Å²) in [5.41, 5.74) is 1.19. The van der Waals surface area contributed by atoms with Gasteiger partial charge in [-0.25, -0.2) is 4.98 Å². The molecule has 0 radical (unpaired) electrons. The van der Waals surface area contributed by atoms with Gasteiger partial charge in [0.25, 0.3) is 0 Å². The fourth-order valence-electron chi connectivity index (χ4n) is 2.37. The Morgan fingerprint density at radius 3 is 3.06 bits per heavy atom. The lowest BCUT2D eigenvalue weighted by molar-refractivity contribution is 0.254. The van der Waals surface area contributed by atoms with Gasteiger partial charge in [0.2, 0.25) is 0 Å². The van der Waals surface area contributed by atoms with Crippen molar-refractivity contribution in [3.8, 4) is 0 Å². The van der Waals surface area contributed by atoms with Gasteiger partial charge in [-0.15, -0.1) is 0 Å². The van der Waals surface area contributed by atoms with E-state index < -0.39 is 0 Å². The molecule has 0 bridgehead atoms. The Morgan fingerprint density at radius 2 is 2.29 bits per heavy atom. The number of anilines is 1. The average molecular weight is 299 g/mol. The fraction of sp³-hybridized carbons (Fsp3) is 0.615. The highest BCUT2D eigenvalue weighted by Crippen LogP contribution is 2.30. The molecule has 0 saturated carbocycles. The number of aliphatic hydroxyl groups is 1. The summed E-state index contributed by atoms with van der Waals surface area (Å²) in [6.07, 6.45) is 6.52. The Hall–Kier alpha value is -0.610. The van der Waals surface area contributed by atoms with Crippen molar-refractivity contribution in [1.29, 1.82) is 0 Å². The predicted octanol–water partition coefficient (Wildman–Crippen LogP) is 2.89. The van der Waals surface area contributed by atoms with Crippen molar-refractivity contribution in [3.05, 3.63) is 22.3 Å². The van der Waals surface area contributed by atoms with Crippen LogP contribution in [0.15, 0.2) is 16.7 Å². The van der Waals surface area contributed by atoms with E-state index in [1.807, 2.05) is 12.3 Å². The lowest BCUT2D eigenvalue weighted by Gasteiger charge is -2.30. The third-order valence-corrected chi connectivity index (χ3v) is 4.40. The number of hydrogen-bond donors (Lipinski definition) is 1. The summed E-state index contributed by atoms with van der Waals surface area (Å²) < 4.78 is 1.06. The Kier molecular flexibility index (Phi) is 4.40. The molecule has 4 heteroatoms. The van der Waals surface area contributed by atoms with Crippen molar-refractivity contribution >= 4 is 21.7 Å². The molecule has 17 heavy (non-hydrogen) atoms. The van der Waals surface area contributed by atoms with Crippen LogP contribution >= 0.6 is 15.9 Å². The van der Waals surface area contributed by atoms with Crippen LogP contribution in [0.1, 0.15) is 31.2 Å². The van der Waals surface area contributed by atoms with Crippen molar-refractivity contribution in [2.24, 2.45) is 0 Å². The minimum absolute atomic E-state index is 0.210. The molecule has 2 heterocycles. The third-order valence-electron chi connectivity index (χ3n) is 3.42. The summed E-state index contributed by atoms with van der Waals surface area (Å²) in [7, 11) is 0. The molecule has 1 atom stereocenters. The van der Waals surface area contributed by atoms with Crippen LogP contribution in [0, 0.1) is 6.92 Å². The van der Waals surface area contributed by atoms with E-state index in [9.17, 15) is 5.11 Å². The Balaban J connectivity index is 2.31. The number of rotatable bonds is 2. The molecule has 1 aliphatic heterocycles. The number of aryl methyl sites for hydroxylation is 1. The van der Waals surface area contributed by atoms with Crippen molar-refractivity contribution < 1.29 is 5.11 Å². The van der Waals surface area contributed by atoms with Gasteiger partial charge in [0.15, 0.2) is 0 Å². The van der Waals surface area contributed by atoms with E-state index in [2.05, 4.69) is 32.7 Å². The molecule has 1 unspecified atom stereocenters. The maximum atomic E-state index is 9.52. The monoisotopic (exact) mass is 298 g/mol. The van der Waals surface area contributed by atoms with Gasteiger partial charge >= 0.3 is 0 Å². The topological polar surface area (TPSA) is 36.4 Å². The van der Waals surface area contributed by atoms with Crippen molar-refractivity contribution in [1.82, 2.24) is 4.98 Å². The number of pyridine rings is 1. The highest BCUT2D eigenvalue weighted by molar-refractivity contribution is 9.10. The van der Waals surface area contributed by atoms with Crippen molar-refractivity contribution in [2.45, 2.75) is 38.6 Å². The molecule has 1 aliphatic rings. The quantitative estimate of drug-likeness (QED) is 0.912. The second-order valence-electron chi connectivity index (χ2n) is 4.64. The fourth-order valence-corrected chi connectivity index (χ4v) is 2.83. The molecular weight excluding hydrogens is 280 g/mol. The molecular formula is C13H19BrN2O. The first-order chi connectivity index (χ1) is 8.24. The minimum Gasteiger partial charge on any atom is -0.394 e. The summed E-state index contributed by atoms with van der Waals surface area (Å²) in [6, 6.07) is 2.21. The summed E-state index contributed by atoms with van der Waals surface area (Å²) in [4.78, 5) is 6.72. The number of aliphatic hydroxyl groups excluding tert-OH is 1. The first-order valence-electron chi connectivity index (χ1n) is 6.22. The van der Waals surface area contributed by atoms with Gasteiger partial charge in [0.05, 0.1) is 17.1 Å². The average Bonchev–Trinajstić information content (AvgIpc) is 2.57. The first kappa shape index (κ1) is 12.8. The molecule has 2 rings (SSSR count). The molecule has 0 aromatic carbocycles. The molecule has 1 fully saturated rings. The zero-order valence-corrected chi connectivity index (χ0v) is 11.8. The zero-order chi connectivity index (χ0) is 12.3. The van der Waals surface area contributed by atoms with Gasteiger partial charge in [-0.2, -0.15) is 0 Å². The molecule has 0 spiro atoms. The van der Waals surface area contributed by atoms with E-state index in [4.69, 9.17) is 0 Å². The van der Waals surface area contributed by atoms with E-state index in [0.717, 1.165) is 23.3 Å². The van der Waals surface area contributed by atoms with E-state index in [1.54, 1.807) is 0 Å². The van der Waals surface area contributed by atoms with Crippen molar-refractivity contribution in [2.75, 3.05) is 18.1 Å². The standard InChI is InChI=1S/C13H19BrN2O/c1-10-6-7-15-13(12(10)14)16-8-4-2-3-5-11(16)9-17/h6-7,11,17H,2-5,8-9H2,1H3. The Bertz CT molecular complexity index is 384. The molecule has 1 N–H and O–H groups in total. The summed E-state index contributed by atoms with van der Waals surface area (Å²) in [6.45, 7) is 3.27. The van der Waals surface area contributed by atoms with E-state index in [1.165, 1.54) is 24.8 Å². The van der Waals surface area contributed by atoms with Crippen LogP contribution in [0.5, 0.6) is 0 Å². The van der Waals surface area contributed by atoms with Gasteiger partial charge in [-0.05, 0) is 47.3 Å². The SMILES string of the molecule is Cc1ccnc(N2CCCCCC2CO)c1Br. The van der Waals surface area contributed by atoms with Crippen LogP contribution in [0.25, 0.3) is 0 Å². The lowest BCUT2D eigenvalue weighted by Crippen LogP contribution is -2.38. The van der Waals surface area contributed by atoms with Crippen LogP contribution in [0.4, 0.5) is 5.82 Å². The molecule has 1 aromatic rings. The summed E-state index contributed by atoms with van der Waals surface area (Å²) in [5.74, 6) is 0.978. The maximum absolute atomic E-state index is 9.52. The predicted molar refractivity (Wildman–Crippen MR) is 73.4 cm³/mol. The van der Waals surface area contributed by atoms with Crippen LogP contribution in [0.3, 0.4) is 0 Å². The Labute approximate surface area is 111 Å². The zero-order valence-electron chi connectivity index (χ0n) is 10.2. The molecule has 0 aliphatic carbocycles. The van der Waals surface area contributed by atoms with Crippen LogP contribution in [-0.2, 0) is 0 Å². The molecule has 1 saturated heterocycles. The maximum Gasteiger partial charge on any atom is 0.143 e. The van der Waals surface area contributed by atoms with Crippen LogP contribution in [-0.4, -0.2) is 29.3 Å². The molecule has 0 amide bonds. The number of nitrogens with zero attached hydrogens (tertiary/aromatic N) is 2. The highest BCUT2D eigenvalue weighted by atomic mass is 79.9. The van der Waals surface area contributed by atoms with Gasteiger partial charge in [-0.1, -0.05) is 12.8 Å². The summed E-state index contributed by atoms with van der Waals surface area (Å²) >= 11 is 3.61. The molecule has 94 valence electrons. The largest absolute Gasteiger partial charge is 0.394 e. The Morgan fingerprint density at radius 1 is 1.47 bits per heavy atom. The third kappa shape index (κ3) is 2.80. The van der Waals surface area contributed by atoms with Crippen LogP contribution in [0.2, 0.25) is 0 Å². The highest BCUT2D eigenvalue weighted by Gasteiger charge is 2.23. The van der Waals surface area contributed by atoms with Gasteiger partial charge in [0, 0.05) is 12.7 Å². The second-order valence-corrected chi connectivity index (χ2v) is 5.44.